The molecule has 0 atom stereocenters. The number of hydrogen-bond acceptors (Lipinski definition) is 4. The van der Waals surface area contributed by atoms with Crippen LogP contribution in [0.15, 0.2) is 24.4 Å². The van der Waals surface area contributed by atoms with Crippen molar-refractivity contribution in [3.8, 4) is 0 Å². The molecule has 0 radical (unpaired) electrons. The number of aromatic nitrogens is 1. The number of rotatable bonds is 7. The van der Waals surface area contributed by atoms with Crippen LogP contribution in [0.5, 0.6) is 0 Å². The second-order valence-corrected chi connectivity index (χ2v) is 4.45. The lowest BCUT2D eigenvalue weighted by molar-refractivity contribution is 0.0868. The molecule has 108 valence electrons. The minimum Gasteiger partial charge on any atom is -0.399 e. The van der Waals surface area contributed by atoms with Crippen molar-refractivity contribution in [1.82, 2.24) is 10.3 Å². The maximum Gasteiger partial charge on any atom is 0.253 e. The molecule has 1 amide bonds. The van der Waals surface area contributed by atoms with Gasteiger partial charge in [-0.1, -0.05) is 0 Å². The largest absolute Gasteiger partial charge is 0.399 e. The van der Waals surface area contributed by atoms with Crippen LogP contribution in [-0.4, -0.2) is 42.4 Å². The number of aromatic amines is 1. The van der Waals surface area contributed by atoms with Crippen molar-refractivity contribution in [3.63, 3.8) is 0 Å². The zero-order valence-corrected chi connectivity index (χ0v) is 11.2. The molecule has 1 heterocycles. The summed E-state index contributed by atoms with van der Waals surface area (Å²) in [5, 5.41) is 12.2. The summed E-state index contributed by atoms with van der Waals surface area (Å²) >= 11 is 0. The first-order valence-electron chi connectivity index (χ1n) is 6.56. The summed E-state index contributed by atoms with van der Waals surface area (Å²) < 4.78 is 5.12. The van der Waals surface area contributed by atoms with E-state index in [-0.39, 0.29) is 12.5 Å². The number of H-pyrrole nitrogens is 1. The smallest absolute Gasteiger partial charge is 0.253 e. The number of aliphatic hydroxyl groups excluding tert-OH is 1. The average Bonchev–Trinajstić information content (AvgIpc) is 2.85. The van der Waals surface area contributed by atoms with Gasteiger partial charge < -0.3 is 25.9 Å². The predicted octanol–water partition coefficient (Wildman–Crippen LogP) is 0.879. The topological polar surface area (TPSA) is 100 Å². The number of hydrogen-bond donors (Lipinski definition) is 4. The van der Waals surface area contributed by atoms with Gasteiger partial charge in [0.1, 0.15) is 0 Å². The number of aliphatic hydroxyl groups is 1. The molecule has 20 heavy (non-hydrogen) atoms. The van der Waals surface area contributed by atoms with E-state index in [1.807, 2.05) is 6.07 Å². The minimum absolute atomic E-state index is 0.0170. The summed E-state index contributed by atoms with van der Waals surface area (Å²) in [7, 11) is 0. The molecule has 0 unspecified atom stereocenters. The van der Waals surface area contributed by atoms with Crippen LogP contribution >= 0.6 is 0 Å². The molecule has 2 aromatic rings. The SMILES string of the molecule is Nc1ccc2[nH]cc(C(=O)NCCCOCCO)c2c1. The molecule has 1 aromatic heterocycles. The van der Waals surface area contributed by atoms with Crippen molar-refractivity contribution in [1.29, 1.82) is 0 Å². The maximum atomic E-state index is 12.1. The van der Waals surface area contributed by atoms with Gasteiger partial charge in [0.2, 0.25) is 0 Å². The van der Waals surface area contributed by atoms with Gasteiger partial charge in [-0.15, -0.1) is 0 Å². The Hall–Kier alpha value is -2.05. The van der Waals surface area contributed by atoms with Crippen LogP contribution in [0.3, 0.4) is 0 Å². The number of fused-ring (bicyclic) bond motifs is 1. The lowest BCUT2D eigenvalue weighted by Gasteiger charge is -2.05. The fourth-order valence-corrected chi connectivity index (χ4v) is 1.96. The molecule has 1 aromatic carbocycles. The van der Waals surface area contributed by atoms with E-state index in [1.54, 1.807) is 18.3 Å². The number of carbonyl (C=O) groups is 1. The Balaban J connectivity index is 1.89. The van der Waals surface area contributed by atoms with Crippen molar-refractivity contribution in [2.75, 3.05) is 32.1 Å². The zero-order chi connectivity index (χ0) is 14.4. The highest BCUT2D eigenvalue weighted by Gasteiger charge is 2.11. The maximum absolute atomic E-state index is 12.1. The summed E-state index contributed by atoms with van der Waals surface area (Å²) in [4.78, 5) is 15.1. The van der Waals surface area contributed by atoms with Crippen molar-refractivity contribution in [2.24, 2.45) is 0 Å². The van der Waals surface area contributed by atoms with Gasteiger partial charge in [0.25, 0.3) is 5.91 Å². The van der Waals surface area contributed by atoms with Crippen LogP contribution in [0.25, 0.3) is 10.9 Å². The lowest BCUT2D eigenvalue weighted by atomic mass is 10.1. The Kier molecular flexibility index (Phi) is 4.97. The summed E-state index contributed by atoms with van der Waals surface area (Å²) in [6.45, 7) is 1.39. The van der Waals surface area contributed by atoms with Crippen molar-refractivity contribution >= 4 is 22.5 Å². The monoisotopic (exact) mass is 277 g/mol. The van der Waals surface area contributed by atoms with Gasteiger partial charge in [-0.05, 0) is 24.6 Å². The molecule has 6 heteroatoms. The Morgan fingerprint density at radius 2 is 2.25 bits per heavy atom. The first-order chi connectivity index (χ1) is 9.72. The third kappa shape index (κ3) is 3.49. The van der Waals surface area contributed by atoms with Gasteiger partial charge in [-0.3, -0.25) is 4.79 Å². The average molecular weight is 277 g/mol. The molecule has 6 nitrogen and oxygen atoms in total. The lowest BCUT2D eigenvalue weighted by Crippen LogP contribution is -2.25. The van der Waals surface area contributed by atoms with Crippen LogP contribution in [0.2, 0.25) is 0 Å². The van der Waals surface area contributed by atoms with Gasteiger partial charge >= 0.3 is 0 Å². The molecule has 0 aliphatic rings. The van der Waals surface area contributed by atoms with Gasteiger partial charge in [0.15, 0.2) is 0 Å². The molecule has 5 N–H and O–H groups in total. The molecule has 2 rings (SSSR count). The van der Waals surface area contributed by atoms with E-state index < -0.39 is 0 Å². The van der Waals surface area contributed by atoms with E-state index in [1.165, 1.54) is 0 Å². The number of nitrogens with one attached hydrogen (secondary N) is 2. The second-order valence-electron chi connectivity index (χ2n) is 4.45. The molecule has 0 saturated carbocycles. The van der Waals surface area contributed by atoms with Crippen molar-refractivity contribution in [2.45, 2.75) is 6.42 Å². The normalized spacial score (nSPS) is 10.8. The van der Waals surface area contributed by atoms with Crippen molar-refractivity contribution in [3.05, 3.63) is 30.0 Å². The number of nitrogen functional groups attached to an aromatic ring is 1. The molecular formula is C14H19N3O3. The van der Waals surface area contributed by atoms with Gasteiger partial charge in [0, 0.05) is 35.9 Å². The van der Waals surface area contributed by atoms with Crippen LogP contribution in [-0.2, 0) is 4.74 Å². The predicted molar refractivity (Wildman–Crippen MR) is 77.6 cm³/mol. The summed E-state index contributed by atoms with van der Waals surface area (Å²) in [5.41, 5.74) is 7.84. The van der Waals surface area contributed by atoms with Gasteiger partial charge in [0.05, 0.1) is 18.8 Å². The highest BCUT2D eigenvalue weighted by molar-refractivity contribution is 6.07. The van der Waals surface area contributed by atoms with E-state index in [9.17, 15) is 4.79 Å². The quantitative estimate of drug-likeness (QED) is 0.446. The van der Waals surface area contributed by atoms with E-state index in [2.05, 4.69) is 10.3 Å². The number of amides is 1. The zero-order valence-electron chi connectivity index (χ0n) is 11.2. The molecule has 0 saturated heterocycles. The number of nitrogens with two attached hydrogens (primary N) is 1. The summed E-state index contributed by atoms with van der Waals surface area (Å²) in [6.07, 6.45) is 2.39. The summed E-state index contributed by atoms with van der Waals surface area (Å²) in [5.74, 6) is -0.135. The molecule has 0 aliphatic carbocycles. The molecular weight excluding hydrogens is 258 g/mol. The first kappa shape index (κ1) is 14.4. The Morgan fingerprint density at radius 3 is 3.05 bits per heavy atom. The summed E-state index contributed by atoms with van der Waals surface area (Å²) in [6, 6.07) is 5.42. The highest BCUT2D eigenvalue weighted by Crippen LogP contribution is 2.20. The Labute approximate surface area is 116 Å². The highest BCUT2D eigenvalue weighted by atomic mass is 16.5. The van der Waals surface area contributed by atoms with Crippen LogP contribution in [0.4, 0.5) is 5.69 Å². The Morgan fingerprint density at radius 1 is 1.40 bits per heavy atom. The number of ether oxygens (including phenoxy) is 1. The number of benzene rings is 1. The van der Waals surface area contributed by atoms with Crippen LogP contribution in [0.1, 0.15) is 16.8 Å². The molecule has 0 fully saturated rings. The molecule has 0 spiro atoms. The van der Waals surface area contributed by atoms with Gasteiger partial charge in [-0.2, -0.15) is 0 Å². The number of carbonyl (C=O) groups excluding carboxylic acids is 1. The van der Waals surface area contributed by atoms with E-state index in [0.29, 0.717) is 37.4 Å². The van der Waals surface area contributed by atoms with E-state index >= 15 is 0 Å². The van der Waals surface area contributed by atoms with E-state index in [0.717, 1.165) is 10.9 Å². The first-order valence-corrected chi connectivity index (χ1v) is 6.56. The molecule has 0 aliphatic heterocycles. The standard InChI is InChI=1S/C14H19N3O3/c15-10-2-3-13-11(8-10)12(9-17-13)14(19)16-4-1-6-20-7-5-18/h2-3,8-9,17-18H,1,4-7,15H2,(H,16,19). The Bertz CT molecular complexity index is 580. The third-order valence-corrected chi connectivity index (χ3v) is 2.94. The fraction of sp³-hybridized carbons (Fsp3) is 0.357. The number of anilines is 1. The van der Waals surface area contributed by atoms with Gasteiger partial charge in [-0.25, -0.2) is 0 Å². The third-order valence-electron chi connectivity index (χ3n) is 2.94. The van der Waals surface area contributed by atoms with Crippen molar-refractivity contribution < 1.29 is 14.6 Å². The van der Waals surface area contributed by atoms with Crippen LogP contribution < -0.4 is 11.1 Å². The van der Waals surface area contributed by atoms with Crippen LogP contribution in [0, 0.1) is 0 Å². The minimum atomic E-state index is -0.135. The second kappa shape index (κ2) is 6.93. The molecule has 0 bridgehead atoms. The van der Waals surface area contributed by atoms with E-state index in [4.69, 9.17) is 15.6 Å². The fourth-order valence-electron chi connectivity index (χ4n) is 1.96.